The summed E-state index contributed by atoms with van der Waals surface area (Å²) in [5.41, 5.74) is 2.77. The van der Waals surface area contributed by atoms with Crippen LogP contribution in [-0.4, -0.2) is 19.6 Å². The van der Waals surface area contributed by atoms with Crippen molar-refractivity contribution in [2.75, 3.05) is 24.5 Å². The fourth-order valence-corrected chi connectivity index (χ4v) is 2.30. The molecule has 0 radical (unpaired) electrons. The Morgan fingerprint density at radius 1 is 1.17 bits per heavy atom. The maximum Gasteiger partial charge on any atom is 0.0366 e. The van der Waals surface area contributed by atoms with E-state index in [2.05, 4.69) is 48.3 Å². The quantitative estimate of drug-likeness (QED) is 0.756. The van der Waals surface area contributed by atoms with Gasteiger partial charge in [-0.05, 0) is 49.4 Å². The second-order valence-electron chi connectivity index (χ2n) is 5.34. The first-order valence-corrected chi connectivity index (χ1v) is 7.38. The SMILES string of the molecule is CCCN(CC1CC1)c1ccc(CNCC)cc1. The molecule has 0 bridgehead atoms. The summed E-state index contributed by atoms with van der Waals surface area (Å²) in [6, 6.07) is 9.08. The molecule has 0 atom stereocenters. The van der Waals surface area contributed by atoms with Crippen molar-refractivity contribution in [3.05, 3.63) is 29.8 Å². The Kier molecular flexibility index (Phi) is 5.06. The van der Waals surface area contributed by atoms with Crippen LogP contribution < -0.4 is 10.2 Å². The van der Waals surface area contributed by atoms with Crippen LogP contribution in [0.5, 0.6) is 0 Å². The molecule has 0 spiro atoms. The van der Waals surface area contributed by atoms with Crippen LogP contribution >= 0.6 is 0 Å². The summed E-state index contributed by atoms with van der Waals surface area (Å²) < 4.78 is 0. The van der Waals surface area contributed by atoms with E-state index in [1.54, 1.807) is 0 Å². The number of anilines is 1. The Balaban J connectivity index is 1.95. The number of benzene rings is 1. The minimum atomic E-state index is 0.956. The van der Waals surface area contributed by atoms with Crippen molar-refractivity contribution in [2.45, 2.75) is 39.7 Å². The third kappa shape index (κ3) is 4.02. The van der Waals surface area contributed by atoms with Crippen LogP contribution in [0.3, 0.4) is 0 Å². The van der Waals surface area contributed by atoms with Crippen molar-refractivity contribution in [2.24, 2.45) is 5.92 Å². The summed E-state index contributed by atoms with van der Waals surface area (Å²) in [5, 5.41) is 3.37. The van der Waals surface area contributed by atoms with Gasteiger partial charge in [-0.3, -0.25) is 0 Å². The van der Waals surface area contributed by atoms with Crippen LogP contribution in [0.25, 0.3) is 0 Å². The summed E-state index contributed by atoms with van der Waals surface area (Å²) >= 11 is 0. The molecule has 0 amide bonds. The highest BCUT2D eigenvalue weighted by molar-refractivity contribution is 5.47. The zero-order chi connectivity index (χ0) is 12.8. The van der Waals surface area contributed by atoms with Gasteiger partial charge in [-0.15, -0.1) is 0 Å². The molecule has 1 aliphatic carbocycles. The van der Waals surface area contributed by atoms with Gasteiger partial charge in [0.2, 0.25) is 0 Å². The van der Waals surface area contributed by atoms with Gasteiger partial charge in [0.15, 0.2) is 0 Å². The third-order valence-corrected chi connectivity index (χ3v) is 3.55. The number of hydrogen-bond acceptors (Lipinski definition) is 2. The monoisotopic (exact) mass is 246 g/mol. The van der Waals surface area contributed by atoms with Crippen molar-refractivity contribution < 1.29 is 0 Å². The number of hydrogen-bond donors (Lipinski definition) is 1. The standard InChI is InChI=1S/C16H26N2/c1-3-11-18(13-15-5-6-15)16-9-7-14(8-10-16)12-17-4-2/h7-10,15,17H,3-6,11-13H2,1-2H3. The topological polar surface area (TPSA) is 15.3 Å². The molecule has 0 aliphatic heterocycles. The Morgan fingerprint density at radius 2 is 1.89 bits per heavy atom. The maximum absolute atomic E-state index is 3.37. The van der Waals surface area contributed by atoms with Crippen LogP contribution in [0.2, 0.25) is 0 Å². The van der Waals surface area contributed by atoms with Crippen molar-refractivity contribution in [3.63, 3.8) is 0 Å². The number of nitrogens with one attached hydrogen (secondary N) is 1. The summed E-state index contributed by atoms with van der Waals surface area (Å²) in [6.45, 7) is 8.86. The van der Waals surface area contributed by atoms with Gasteiger partial charge in [-0.1, -0.05) is 26.0 Å². The van der Waals surface area contributed by atoms with Gasteiger partial charge in [0.1, 0.15) is 0 Å². The number of rotatable bonds is 8. The van der Waals surface area contributed by atoms with E-state index in [1.165, 1.54) is 43.6 Å². The highest BCUT2D eigenvalue weighted by atomic mass is 15.1. The second kappa shape index (κ2) is 6.79. The minimum absolute atomic E-state index is 0.956. The van der Waals surface area contributed by atoms with Gasteiger partial charge in [0.25, 0.3) is 0 Å². The largest absolute Gasteiger partial charge is 0.371 e. The lowest BCUT2D eigenvalue weighted by molar-refractivity contribution is 0.706. The molecule has 1 fully saturated rings. The predicted octanol–water partition coefficient (Wildman–Crippen LogP) is 3.42. The molecule has 1 N–H and O–H groups in total. The maximum atomic E-state index is 3.37. The summed E-state index contributed by atoms with van der Waals surface area (Å²) in [4.78, 5) is 2.55. The minimum Gasteiger partial charge on any atom is -0.371 e. The molecule has 0 unspecified atom stereocenters. The molecule has 1 saturated carbocycles. The molecule has 1 aromatic carbocycles. The van der Waals surface area contributed by atoms with E-state index in [0.717, 1.165) is 19.0 Å². The van der Waals surface area contributed by atoms with Gasteiger partial charge >= 0.3 is 0 Å². The van der Waals surface area contributed by atoms with E-state index >= 15 is 0 Å². The van der Waals surface area contributed by atoms with Gasteiger partial charge in [0.05, 0.1) is 0 Å². The smallest absolute Gasteiger partial charge is 0.0366 e. The summed E-state index contributed by atoms with van der Waals surface area (Å²) in [5.74, 6) is 0.956. The molecule has 0 saturated heterocycles. The van der Waals surface area contributed by atoms with E-state index in [4.69, 9.17) is 0 Å². The van der Waals surface area contributed by atoms with Crippen molar-refractivity contribution in [1.82, 2.24) is 5.32 Å². The zero-order valence-corrected chi connectivity index (χ0v) is 11.8. The zero-order valence-electron chi connectivity index (χ0n) is 11.8. The van der Waals surface area contributed by atoms with Crippen molar-refractivity contribution in [1.29, 1.82) is 0 Å². The second-order valence-corrected chi connectivity index (χ2v) is 5.34. The first-order chi connectivity index (χ1) is 8.83. The molecule has 100 valence electrons. The van der Waals surface area contributed by atoms with Crippen LogP contribution in [0.1, 0.15) is 38.7 Å². The predicted molar refractivity (Wildman–Crippen MR) is 79.1 cm³/mol. The Labute approximate surface area is 111 Å². The van der Waals surface area contributed by atoms with Crippen molar-refractivity contribution >= 4 is 5.69 Å². The molecule has 0 aromatic heterocycles. The fraction of sp³-hybridized carbons (Fsp3) is 0.625. The van der Waals surface area contributed by atoms with Gasteiger partial charge in [0, 0.05) is 25.3 Å². The van der Waals surface area contributed by atoms with Crippen LogP contribution in [0.4, 0.5) is 5.69 Å². The average Bonchev–Trinajstić information content (AvgIpc) is 3.20. The molecule has 1 aromatic rings. The van der Waals surface area contributed by atoms with Gasteiger partial charge in [-0.2, -0.15) is 0 Å². The Bertz CT molecular complexity index is 341. The lowest BCUT2D eigenvalue weighted by Gasteiger charge is -2.24. The molecule has 18 heavy (non-hydrogen) atoms. The molecule has 2 heteroatoms. The number of nitrogens with zero attached hydrogens (tertiary/aromatic N) is 1. The van der Waals surface area contributed by atoms with E-state index in [-0.39, 0.29) is 0 Å². The molecule has 0 heterocycles. The third-order valence-electron chi connectivity index (χ3n) is 3.55. The molecule has 2 rings (SSSR count). The highest BCUT2D eigenvalue weighted by Crippen LogP contribution is 2.31. The molecular weight excluding hydrogens is 220 g/mol. The Morgan fingerprint density at radius 3 is 2.44 bits per heavy atom. The van der Waals surface area contributed by atoms with Gasteiger partial charge in [-0.25, -0.2) is 0 Å². The Hall–Kier alpha value is -1.02. The molecule has 2 nitrogen and oxygen atoms in total. The van der Waals surface area contributed by atoms with E-state index in [9.17, 15) is 0 Å². The lowest BCUT2D eigenvalue weighted by atomic mass is 10.2. The first kappa shape index (κ1) is 13.4. The van der Waals surface area contributed by atoms with E-state index in [1.807, 2.05) is 0 Å². The van der Waals surface area contributed by atoms with Crippen molar-refractivity contribution in [3.8, 4) is 0 Å². The lowest BCUT2D eigenvalue weighted by Crippen LogP contribution is -2.26. The average molecular weight is 246 g/mol. The normalized spacial score (nSPS) is 14.8. The molecule has 1 aliphatic rings. The highest BCUT2D eigenvalue weighted by Gasteiger charge is 2.24. The summed E-state index contributed by atoms with van der Waals surface area (Å²) in [6.07, 6.45) is 4.09. The van der Waals surface area contributed by atoms with Crippen LogP contribution in [0.15, 0.2) is 24.3 Å². The summed E-state index contributed by atoms with van der Waals surface area (Å²) in [7, 11) is 0. The molecular formula is C16H26N2. The fourth-order valence-electron chi connectivity index (χ4n) is 2.30. The van der Waals surface area contributed by atoms with Crippen LogP contribution in [-0.2, 0) is 6.54 Å². The van der Waals surface area contributed by atoms with E-state index < -0.39 is 0 Å². The first-order valence-electron chi connectivity index (χ1n) is 7.38. The van der Waals surface area contributed by atoms with Gasteiger partial charge < -0.3 is 10.2 Å². The van der Waals surface area contributed by atoms with E-state index in [0.29, 0.717) is 0 Å². The van der Waals surface area contributed by atoms with Crippen LogP contribution in [0, 0.1) is 5.92 Å².